The summed E-state index contributed by atoms with van der Waals surface area (Å²) in [6.45, 7) is 6.92. The largest absolute Gasteiger partial charge is 0.465 e. The summed E-state index contributed by atoms with van der Waals surface area (Å²) in [5, 5.41) is 0.634. The van der Waals surface area contributed by atoms with Crippen molar-refractivity contribution in [3.05, 3.63) is 36.7 Å². The highest BCUT2D eigenvalue weighted by Gasteiger charge is 2.16. The van der Waals surface area contributed by atoms with Crippen LogP contribution in [0.5, 0.6) is 0 Å². The first-order chi connectivity index (χ1) is 17.1. The molecule has 194 valence electrons. The second-order valence-electron chi connectivity index (χ2n) is 9.09. The van der Waals surface area contributed by atoms with Crippen molar-refractivity contribution in [2.24, 2.45) is 0 Å². The summed E-state index contributed by atoms with van der Waals surface area (Å²) >= 11 is 3.28. The molecule has 6 heteroatoms. The molecule has 0 radical (unpaired) electrons. The molecule has 4 nitrogen and oxygen atoms in total. The molecule has 0 spiro atoms. The molecular weight excluding hydrogens is 472 g/mol. The quantitative estimate of drug-likeness (QED) is 0.0803. The van der Waals surface area contributed by atoms with Gasteiger partial charge in [0.25, 0.3) is 0 Å². The number of carbonyl (C=O) groups excluding carboxylic acids is 1. The van der Waals surface area contributed by atoms with Crippen LogP contribution in [0.15, 0.2) is 46.7 Å². The third-order valence-electron chi connectivity index (χ3n) is 5.93. The number of rotatable bonds is 19. The number of benzene rings is 1. The smallest absolute Gasteiger partial charge is 0.319 e. The van der Waals surface area contributed by atoms with Gasteiger partial charge in [-0.05, 0) is 37.5 Å². The summed E-state index contributed by atoms with van der Waals surface area (Å²) in [4.78, 5) is 22.4. The van der Waals surface area contributed by atoms with Crippen molar-refractivity contribution in [2.75, 3.05) is 12.4 Å². The molecule has 0 N–H and O–H groups in total. The Hall–Kier alpha value is -1.53. The number of hydrogen-bond acceptors (Lipinski definition) is 6. The monoisotopic (exact) mass is 516 g/mol. The Morgan fingerprint density at radius 1 is 0.800 bits per heavy atom. The van der Waals surface area contributed by atoms with E-state index in [0.29, 0.717) is 6.61 Å². The van der Waals surface area contributed by atoms with Crippen LogP contribution in [0.1, 0.15) is 97.8 Å². The lowest BCUT2D eigenvalue weighted by molar-refractivity contribution is -0.142. The van der Waals surface area contributed by atoms with E-state index in [-0.39, 0.29) is 11.2 Å². The predicted octanol–water partition coefficient (Wildman–Crippen LogP) is 8.98. The molecule has 1 aromatic heterocycles. The fourth-order valence-corrected chi connectivity index (χ4v) is 5.39. The Bertz CT molecular complexity index is 812. The molecule has 1 atom stereocenters. The second kappa shape index (κ2) is 18.7. The Kier molecular flexibility index (Phi) is 15.9. The Morgan fingerprint density at radius 2 is 1.37 bits per heavy atom. The second-order valence-corrected chi connectivity index (χ2v) is 11.6. The molecular formula is C29H44N2O2S2. The van der Waals surface area contributed by atoms with Crippen molar-refractivity contribution in [1.82, 2.24) is 9.97 Å². The minimum absolute atomic E-state index is 0.130. The first-order valence-corrected chi connectivity index (χ1v) is 15.4. The highest BCUT2D eigenvalue weighted by molar-refractivity contribution is 8.00. The van der Waals surface area contributed by atoms with Gasteiger partial charge < -0.3 is 4.74 Å². The SMILES string of the molecule is CCCCCCCCOC(=O)[C@@H](C)Sc1ccc(-c2cnc(SCCCCCCCC)nc2)cc1. The van der Waals surface area contributed by atoms with E-state index in [0.717, 1.165) is 39.8 Å². The topological polar surface area (TPSA) is 52.1 Å². The van der Waals surface area contributed by atoms with Crippen molar-refractivity contribution in [3.8, 4) is 11.1 Å². The van der Waals surface area contributed by atoms with E-state index in [1.165, 1.54) is 64.2 Å². The summed E-state index contributed by atoms with van der Waals surface area (Å²) in [7, 11) is 0. The van der Waals surface area contributed by atoms with Gasteiger partial charge in [-0.1, -0.05) is 102 Å². The van der Waals surface area contributed by atoms with Gasteiger partial charge in [0, 0.05) is 28.6 Å². The average molecular weight is 517 g/mol. The van der Waals surface area contributed by atoms with Crippen LogP contribution in [-0.4, -0.2) is 33.5 Å². The van der Waals surface area contributed by atoms with E-state index in [1.807, 2.05) is 19.3 Å². The maximum atomic E-state index is 12.3. The summed E-state index contributed by atoms with van der Waals surface area (Å²) in [5.41, 5.74) is 2.09. The highest BCUT2D eigenvalue weighted by Crippen LogP contribution is 2.27. The first kappa shape index (κ1) is 29.7. The number of carbonyl (C=O) groups is 1. The number of hydrogen-bond donors (Lipinski definition) is 0. The summed E-state index contributed by atoms with van der Waals surface area (Å²) < 4.78 is 5.47. The number of thioether (sulfide) groups is 2. The van der Waals surface area contributed by atoms with Crippen molar-refractivity contribution in [1.29, 1.82) is 0 Å². The van der Waals surface area contributed by atoms with Gasteiger partial charge in [0.05, 0.1) is 6.61 Å². The van der Waals surface area contributed by atoms with Crippen LogP contribution in [0.4, 0.5) is 0 Å². The van der Waals surface area contributed by atoms with Crippen LogP contribution in [0.25, 0.3) is 11.1 Å². The van der Waals surface area contributed by atoms with Crippen LogP contribution in [-0.2, 0) is 9.53 Å². The molecule has 0 fully saturated rings. The van der Waals surface area contributed by atoms with E-state index in [1.54, 1.807) is 23.5 Å². The number of nitrogens with zero attached hydrogens (tertiary/aromatic N) is 2. The Morgan fingerprint density at radius 3 is 2.00 bits per heavy atom. The van der Waals surface area contributed by atoms with E-state index >= 15 is 0 Å². The van der Waals surface area contributed by atoms with Gasteiger partial charge in [0.1, 0.15) is 5.25 Å². The molecule has 0 aliphatic heterocycles. The lowest BCUT2D eigenvalue weighted by atomic mass is 10.1. The van der Waals surface area contributed by atoms with Crippen LogP contribution < -0.4 is 0 Å². The zero-order chi connectivity index (χ0) is 25.1. The summed E-state index contributed by atoms with van der Waals surface area (Å²) in [6.07, 6.45) is 18.8. The molecule has 1 aromatic carbocycles. The number of esters is 1. The van der Waals surface area contributed by atoms with Gasteiger partial charge in [-0.3, -0.25) is 4.79 Å². The van der Waals surface area contributed by atoms with E-state index in [2.05, 4.69) is 48.1 Å². The zero-order valence-electron chi connectivity index (χ0n) is 22.0. The maximum Gasteiger partial charge on any atom is 0.319 e. The van der Waals surface area contributed by atoms with Crippen molar-refractivity contribution < 1.29 is 9.53 Å². The third-order valence-corrected chi connectivity index (χ3v) is 7.98. The van der Waals surface area contributed by atoms with Gasteiger partial charge in [0.15, 0.2) is 5.16 Å². The number of aromatic nitrogens is 2. The lowest BCUT2D eigenvalue weighted by Crippen LogP contribution is -2.17. The standard InChI is InChI=1S/C29H44N2O2S2/c1-4-6-8-10-12-14-20-33-28(32)24(3)35-27-18-16-25(17-19-27)26-22-30-29(31-23-26)34-21-15-13-11-9-7-5-2/h16-19,22-24H,4-15,20-21H2,1-3H3/t24-/m1/s1. The van der Waals surface area contributed by atoms with E-state index < -0.39 is 0 Å². The van der Waals surface area contributed by atoms with Crippen molar-refractivity contribution >= 4 is 29.5 Å². The van der Waals surface area contributed by atoms with Crippen LogP contribution >= 0.6 is 23.5 Å². The van der Waals surface area contributed by atoms with Gasteiger partial charge in [-0.25, -0.2) is 9.97 Å². The molecule has 2 rings (SSSR count). The fraction of sp³-hybridized carbons (Fsp3) is 0.621. The van der Waals surface area contributed by atoms with Crippen LogP contribution in [0.2, 0.25) is 0 Å². The highest BCUT2D eigenvalue weighted by atomic mass is 32.2. The fourth-order valence-electron chi connectivity index (χ4n) is 3.74. The normalized spacial score (nSPS) is 12.0. The first-order valence-electron chi connectivity index (χ1n) is 13.5. The molecule has 0 saturated carbocycles. The molecule has 0 aliphatic carbocycles. The van der Waals surface area contributed by atoms with Crippen LogP contribution in [0.3, 0.4) is 0 Å². The van der Waals surface area contributed by atoms with Crippen molar-refractivity contribution in [3.63, 3.8) is 0 Å². The minimum Gasteiger partial charge on any atom is -0.465 e. The average Bonchev–Trinajstić information content (AvgIpc) is 2.88. The number of ether oxygens (including phenoxy) is 1. The minimum atomic E-state index is -0.216. The van der Waals surface area contributed by atoms with Gasteiger partial charge >= 0.3 is 5.97 Å². The molecule has 1 heterocycles. The molecule has 0 bridgehead atoms. The summed E-state index contributed by atoms with van der Waals surface area (Å²) in [5.74, 6) is 0.951. The van der Waals surface area contributed by atoms with E-state index in [4.69, 9.17) is 4.74 Å². The zero-order valence-corrected chi connectivity index (χ0v) is 23.6. The molecule has 2 aromatic rings. The third kappa shape index (κ3) is 12.8. The van der Waals surface area contributed by atoms with Crippen LogP contribution in [0, 0.1) is 0 Å². The van der Waals surface area contributed by atoms with Gasteiger partial charge in [0.2, 0.25) is 0 Å². The molecule has 0 aliphatic rings. The van der Waals surface area contributed by atoms with Gasteiger partial charge in [-0.2, -0.15) is 0 Å². The van der Waals surface area contributed by atoms with Crippen molar-refractivity contribution in [2.45, 2.75) is 113 Å². The molecule has 0 amide bonds. The Labute approximate surface area is 221 Å². The molecule has 0 saturated heterocycles. The Balaban J connectivity index is 1.69. The lowest BCUT2D eigenvalue weighted by Gasteiger charge is -2.12. The molecule has 35 heavy (non-hydrogen) atoms. The maximum absolute atomic E-state index is 12.3. The summed E-state index contributed by atoms with van der Waals surface area (Å²) in [6, 6.07) is 8.24. The van der Waals surface area contributed by atoms with Gasteiger partial charge in [-0.15, -0.1) is 11.8 Å². The predicted molar refractivity (Wildman–Crippen MR) is 151 cm³/mol. The van der Waals surface area contributed by atoms with E-state index in [9.17, 15) is 4.79 Å². The number of unbranched alkanes of at least 4 members (excludes halogenated alkanes) is 10. The molecule has 0 unspecified atom stereocenters.